The van der Waals surface area contributed by atoms with Crippen LogP contribution >= 0.6 is 11.3 Å². The third-order valence-electron chi connectivity index (χ3n) is 6.04. The zero-order chi connectivity index (χ0) is 27.1. The number of aromatic hydroxyl groups is 1. The number of para-hydroxylation sites is 1. The van der Waals surface area contributed by atoms with Gasteiger partial charge in [0.25, 0.3) is 5.91 Å². The number of aliphatic hydroxyl groups is 1. The Kier molecular flexibility index (Phi) is 6.37. The number of aromatic nitrogens is 1. The molecule has 4 aromatic rings. The number of fused-ring (bicyclic) bond motifs is 1. The fraction of sp³-hybridized carbons (Fsp3) is 0.185. The molecule has 1 aliphatic heterocycles. The molecule has 5 rings (SSSR count). The van der Waals surface area contributed by atoms with Gasteiger partial charge in [0, 0.05) is 5.39 Å². The first-order valence-electron chi connectivity index (χ1n) is 11.6. The van der Waals surface area contributed by atoms with Crippen molar-refractivity contribution >= 4 is 45.1 Å². The Morgan fingerprint density at radius 2 is 1.92 bits per heavy atom. The molecule has 0 saturated heterocycles. The number of aliphatic hydroxyl groups excluding tert-OH is 1. The number of ketones is 1. The van der Waals surface area contributed by atoms with E-state index in [2.05, 4.69) is 4.98 Å². The van der Waals surface area contributed by atoms with E-state index in [0.717, 1.165) is 16.2 Å². The number of hydrogen-bond acceptors (Lipinski definition) is 10. The second-order valence-corrected chi connectivity index (χ2v) is 9.36. The van der Waals surface area contributed by atoms with E-state index in [4.69, 9.17) is 13.9 Å². The van der Waals surface area contributed by atoms with Crippen LogP contribution in [0.4, 0.5) is 5.13 Å². The van der Waals surface area contributed by atoms with Gasteiger partial charge in [0.1, 0.15) is 10.6 Å². The largest absolute Gasteiger partial charge is 0.508 e. The molecule has 0 bridgehead atoms. The van der Waals surface area contributed by atoms with E-state index in [0.29, 0.717) is 28.0 Å². The standard InChI is InChI=1S/C27H22N2O8S/c1-4-36-26(34)24-13(2)28-27(38-24)29-20(14-7-5-9-16(30)11-14)19(22(32)25(29)33)21(31)18-12-15-8-6-10-17(35-3)23(15)37-18/h5-12,20,30,32H,4H2,1-3H3. The molecule has 1 aliphatic rings. The molecule has 0 saturated carbocycles. The lowest BCUT2D eigenvalue weighted by Crippen LogP contribution is -2.31. The minimum absolute atomic E-state index is 0.0736. The van der Waals surface area contributed by atoms with Crippen molar-refractivity contribution in [3.05, 3.63) is 81.8 Å². The summed E-state index contributed by atoms with van der Waals surface area (Å²) in [5.74, 6) is -2.82. The highest BCUT2D eigenvalue weighted by Crippen LogP contribution is 2.45. The summed E-state index contributed by atoms with van der Waals surface area (Å²) < 4.78 is 16.2. The van der Waals surface area contributed by atoms with Gasteiger partial charge in [-0.25, -0.2) is 9.78 Å². The monoisotopic (exact) mass is 534 g/mol. The predicted molar refractivity (Wildman–Crippen MR) is 138 cm³/mol. The van der Waals surface area contributed by atoms with Crippen LogP contribution in [0.25, 0.3) is 11.0 Å². The lowest BCUT2D eigenvalue weighted by atomic mass is 9.95. The third-order valence-corrected chi connectivity index (χ3v) is 7.18. The van der Waals surface area contributed by atoms with Gasteiger partial charge in [-0.2, -0.15) is 0 Å². The normalized spacial score (nSPS) is 15.4. The lowest BCUT2D eigenvalue weighted by Gasteiger charge is -2.24. The Hall–Kier alpha value is -4.64. The molecule has 11 heteroatoms. The minimum Gasteiger partial charge on any atom is -0.508 e. The number of methoxy groups -OCH3 is 1. The molecule has 10 nitrogen and oxygen atoms in total. The Balaban J connectivity index is 1.64. The highest BCUT2D eigenvalue weighted by Gasteiger charge is 2.47. The maximum Gasteiger partial charge on any atom is 0.350 e. The summed E-state index contributed by atoms with van der Waals surface area (Å²) >= 11 is 0.899. The molecule has 1 atom stereocenters. The van der Waals surface area contributed by atoms with Crippen LogP contribution in [0.2, 0.25) is 0 Å². The van der Waals surface area contributed by atoms with E-state index in [1.807, 2.05) is 0 Å². The number of thiazole rings is 1. The van der Waals surface area contributed by atoms with Crippen LogP contribution in [-0.4, -0.2) is 46.6 Å². The number of phenols is 1. The lowest BCUT2D eigenvalue weighted by molar-refractivity contribution is -0.117. The third kappa shape index (κ3) is 4.06. The smallest absolute Gasteiger partial charge is 0.350 e. The SMILES string of the molecule is CCOC(=O)c1sc(N2C(=O)C(O)=C(C(=O)c3cc4cccc(OC)c4o3)C2c2cccc(O)c2)nc1C. The summed E-state index contributed by atoms with van der Waals surface area (Å²) in [6.45, 7) is 3.42. The van der Waals surface area contributed by atoms with Crippen molar-refractivity contribution in [1.29, 1.82) is 0 Å². The number of ether oxygens (including phenoxy) is 2. The molecule has 1 amide bonds. The Labute approximate surface area is 220 Å². The second kappa shape index (κ2) is 9.67. The van der Waals surface area contributed by atoms with Gasteiger partial charge in [0.2, 0.25) is 5.78 Å². The van der Waals surface area contributed by atoms with Gasteiger partial charge in [0.15, 0.2) is 28.0 Å². The van der Waals surface area contributed by atoms with E-state index >= 15 is 0 Å². The average molecular weight is 535 g/mol. The molecule has 0 spiro atoms. The summed E-state index contributed by atoms with van der Waals surface area (Å²) in [5.41, 5.74) is 0.742. The summed E-state index contributed by atoms with van der Waals surface area (Å²) in [6, 6.07) is 11.5. The van der Waals surface area contributed by atoms with Crippen molar-refractivity contribution in [2.75, 3.05) is 18.6 Å². The van der Waals surface area contributed by atoms with Gasteiger partial charge < -0.3 is 24.1 Å². The van der Waals surface area contributed by atoms with Crippen LogP contribution in [0.15, 0.2) is 64.3 Å². The number of Topliss-reactive ketones (excluding diaryl/α,β-unsaturated/α-hetero) is 1. The van der Waals surface area contributed by atoms with Gasteiger partial charge in [-0.15, -0.1) is 0 Å². The number of nitrogens with zero attached hydrogens (tertiary/aromatic N) is 2. The first kappa shape index (κ1) is 25.0. The highest BCUT2D eigenvalue weighted by atomic mass is 32.1. The van der Waals surface area contributed by atoms with Crippen LogP contribution in [-0.2, 0) is 9.53 Å². The van der Waals surface area contributed by atoms with E-state index in [9.17, 15) is 24.6 Å². The van der Waals surface area contributed by atoms with E-state index < -0.39 is 29.5 Å². The van der Waals surface area contributed by atoms with Crippen LogP contribution in [0, 0.1) is 6.92 Å². The van der Waals surface area contributed by atoms with Gasteiger partial charge in [-0.1, -0.05) is 35.6 Å². The van der Waals surface area contributed by atoms with Crippen molar-refractivity contribution in [3.63, 3.8) is 0 Å². The molecule has 38 heavy (non-hydrogen) atoms. The number of carbonyl (C=O) groups excluding carboxylic acids is 3. The summed E-state index contributed by atoms with van der Waals surface area (Å²) in [6.07, 6.45) is 0. The van der Waals surface area contributed by atoms with Gasteiger partial charge in [-0.3, -0.25) is 14.5 Å². The van der Waals surface area contributed by atoms with Crippen molar-refractivity contribution in [2.45, 2.75) is 19.9 Å². The predicted octanol–water partition coefficient (Wildman–Crippen LogP) is 4.87. The van der Waals surface area contributed by atoms with Crippen LogP contribution < -0.4 is 9.64 Å². The number of rotatable bonds is 7. The van der Waals surface area contributed by atoms with E-state index in [1.54, 1.807) is 44.2 Å². The highest BCUT2D eigenvalue weighted by molar-refractivity contribution is 7.17. The number of benzene rings is 2. The van der Waals surface area contributed by atoms with Crippen LogP contribution in [0.3, 0.4) is 0 Å². The van der Waals surface area contributed by atoms with Crippen molar-refractivity contribution in [1.82, 2.24) is 4.98 Å². The van der Waals surface area contributed by atoms with Crippen LogP contribution in [0.5, 0.6) is 11.5 Å². The van der Waals surface area contributed by atoms with Gasteiger partial charge in [-0.05, 0) is 43.7 Å². The Bertz CT molecular complexity index is 1630. The first-order valence-corrected chi connectivity index (χ1v) is 12.4. The zero-order valence-corrected chi connectivity index (χ0v) is 21.4. The maximum absolute atomic E-state index is 13.8. The zero-order valence-electron chi connectivity index (χ0n) is 20.5. The number of aryl methyl sites for hydroxylation is 1. The molecule has 3 heterocycles. The Morgan fingerprint density at radius 3 is 2.63 bits per heavy atom. The van der Waals surface area contributed by atoms with Gasteiger partial charge >= 0.3 is 5.97 Å². The summed E-state index contributed by atoms with van der Waals surface area (Å²) in [5, 5.41) is 21.8. The Morgan fingerprint density at radius 1 is 1.16 bits per heavy atom. The number of carbonyl (C=O) groups is 3. The number of esters is 1. The number of phenolic OH excluding ortho intramolecular Hbond substituents is 1. The quantitative estimate of drug-likeness (QED) is 0.251. The van der Waals surface area contributed by atoms with Crippen molar-refractivity contribution in [3.8, 4) is 11.5 Å². The molecule has 0 fully saturated rings. The molecule has 1 unspecified atom stereocenters. The molecule has 0 aliphatic carbocycles. The van der Waals surface area contributed by atoms with E-state index in [-0.39, 0.29) is 33.7 Å². The fourth-order valence-corrected chi connectivity index (χ4v) is 5.35. The number of anilines is 1. The summed E-state index contributed by atoms with van der Waals surface area (Å²) in [4.78, 5) is 45.3. The van der Waals surface area contributed by atoms with Crippen molar-refractivity contribution in [2.24, 2.45) is 0 Å². The number of amides is 1. The number of furan rings is 1. The van der Waals surface area contributed by atoms with Gasteiger partial charge in [0.05, 0.1) is 31.0 Å². The first-order chi connectivity index (χ1) is 18.2. The summed E-state index contributed by atoms with van der Waals surface area (Å²) in [7, 11) is 1.47. The van der Waals surface area contributed by atoms with Crippen LogP contribution in [0.1, 0.15) is 44.4 Å². The molecule has 194 valence electrons. The molecular weight excluding hydrogens is 512 g/mol. The molecule has 0 radical (unpaired) electrons. The number of hydrogen-bond donors (Lipinski definition) is 2. The average Bonchev–Trinajstić information content (AvgIpc) is 3.57. The second-order valence-electron chi connectivity index (χ2n) is 8.38. The van der Waals surface area contributed by atoms with Crippen molar-refractivity contribution < 1.29 is 38.5 Å². The molecule has 2 aromatic heterocycles. The molecule has 2 N–H and O–H groups in total. The molecular formula is C27H22N2O8S. The maximum atomic E-state index is 13.8. The van der Waals surface area contributed by atoms with E-state index in [1.165, 1.54) is 25.3 Å². The fourth-order valence-electron chi connectivity index (χ4n) is 4.36. The molecule has 2 aromatic carbocycles. The minimum atomic E-state index is -1.17. The topological polar surface area (TPSA) is 139 Å².